The molecule has 3 rings (SSSR count). The van der Waals surface area contributed by atoms with Gasteiger partial charge in [-0.15, -0.1) is 0 Å². The van der Waals surface area contributed by atoms with Gasteiger partial charge in [0.1, 0.15) is 5.82 Å². The van der Waals surface area contributed by atoms with Crippen LogP contribution in [0.15, 0.2) is 59.7 Å². The first-order valence-corrected chi connectivity index (χ1v) is 8.11. The summed E-state index contributed by atoms with van der Waals surface area (Å²) in [5, 5.41) is 4.44. The van der Waals surface area contributed by atoms with Crippen LogP contribution >= 0.6 is 0 Å². The van der Waals surface area contributed by atoms with Crippen molar-refractivity contribution in [1.82, 2.24) is 9.97 Å². The number of nitrogens with two attached hydrogens (primary N) is 1. The van der Waals surface area contributed by atoms with E-state index in [-0.39, 0.29) is 0 Å². The topological polar surface area (TPSA) is 76.2 Å². The Labute approximate surface area is 147 Å². The average Bonchev–Trinajstić information content (AvgIpc) is 2.60. The van der Waals surface area contributed by atoms with Crippen LogP contribution < -0.4 is 11.2 Å². The van der Waals surface area contributed by atoms with E-state index in [9.17, 15) is 0 Å². The van der Waals surface area contributed by atoms with Crippen molar-refractivity contribution in [2.45, 2.75) is 20.8 Å². The van der Waals surface area contributed by atoms with Gasteiger partial charge < -0.3 is 5.73 Å². The van der Waals surface area contributed by atoms with E-state index in [1.807, 2.05) is 44.2 Å². The molecule has 3 N–H and O–H groups in total. The SMILES string of the molecule is C/C(=N/Nc1cc(-c2ccccc2N)nc(C)n1)c1ccc(C)cc1. The Balaban J connectivity index is 1.87. The number of aryl methyl sites for hydroxylation is 2. The van der Waals surface area contributed by atoms with Crippen LogP contribution in [-0.2, 0) is 0 Å². The van der Waals surface area contributed by atoms with Gasteiger partial charge in [-0.1, -0.05) is 48.0 Å². The molecule has 25 heavy (non-hydrogen) atoms. The molecule has 0 fully saturated rings. The van der Waals surface area contributed by atoms with Gasteiger partial charge in [0.05, 0.1) is 11.4 Å². The minimum Gasteiger partial charge on any atom is -0.398 e. The van der Waals surface area contributed by atoms with Crippen molar-refractivity contribution in [2.24, 2.45) is 5.10 Å². The highest BCUT2D eigenvalue weighted by Crippen LogP contribution is 2.25. The minimum absolute atomic E-state index is 0.636. The summed E-state index contributed by atoms with van der Waals surface area (Å²) in [6.07, 6.45) is 0. The Hall–Kier alpha value is -3.21. The Bertz CT molecular complexity index is 914. The average molecular weight is 331 g/mol. The zero-order valence-electron chi connectivity index (χ0n) is 14.6. The van der Waals surface area contributed by atoms with Crippen molar-refractivity contribution < 1.29 is 0 Å². The number of benzene rings is 2. The molecule has 0 amide bonds. The van der Waals surface area contributed by atoms with Crippen LogP contribution in [0.25, 0.3) is 11.3 Å². The number of nitrogens with one attached hydrogen (secondary N) is 1. The highest BCUT2D eigenvalue weighted by molar-refractivity contribution is 5.99. The molecular weight excluding hydrogens is 310 g/mol. The summed E-state index contributed by atoms with van der Waals surface area (Å²) in [4.78, 5) is 8.88. The Kier molecular flexibility index (Phi) is 4.75. The van der Waals surface area contributed by atoms with Gasteiger partial charge in [-0.2, -0.15) is 5.10 Å². The number of para-hydroxylation sites is 1. The Morgan fingerprint density at radius 1 is 1.00 bits per heavy atom. The smallest absolute Gasteiger partial charge is 0.150 e. The van der Waals surface area contributed by atoms with E-state index in [0.29, 0.717) is 17.3 Å². The molecule has 1 heterocycles. The van der Waals surface area contributed by atoms with Crippen molar-refractivity contribution in [3.05, 3.63) is 71.5 Å². The van der Waals surface area contributed by atoms with Gasteiger partial charge in [0, 0.05) is 17.3 Å². The molecule has 5 heteroatoms. The quantitative estimate of drug-likeness (QED) is 0.427. The minimum atomic E-state index is 0.636. The van der Waals surface area contributed by atoms with Crippen LogP contribution in [0.4, 0.5) is 11.5 Å². The maximum atomic E-state index is 6.05. The summed E-state index contributed by atoms with van der Waals surface area (Å²) < 4.78 is 0. The molecule has 2 aromatic carbocycles. The fraction of sp³-hybridized carbons (Fsp3) is 0.150. The number of hydrogen-bond donors (Lipinski definition) is 2. The molecule has 0 aliphatic rings. The molecule has 126 valence electrons. The Morgan fingerprint density at radius 3 is 2.44 bits per heavy atom. The normalized spacial score (nSPS) is 11.4. The fourth-order valence-electron chi connectivity index (χ4n) is 2.49. The standard InChI is InChI=1S/C20H21N5/c1-13-8-10-16(11-9-13)14(2)24-25-20-12-19(22-15(3)23-20)17-6-4-5-7-18(17)21/h4-12H,21H2,1-3H3,(H,22,23,25)/b24-14-. The monoisotopic (exact) mass is 331 g/mol. The zero-order chi connectivity index (χ0) is 17.8. The molecule has 0 saturated heterocycles. The summed E-state index contributed by atoms with van der Waals surface area (Å²) in [5.74, 6) is 1.30. The van der Waals surface area contributed by atoms with Crippen LogP contribution in [-0.4, -0.2) is 15.7 Å². The second-order valence-corrected chi connectivity index (χ2v) is 5.95. The first-order chi connectivity index (χ1) is 12.0. The first-order valence-electron chi connectivity index (χ1n) is 8.11. The number of nitrogens with zero attached hydrogens (tertiary/aromatic N) is 3. The van der Waals surface area contributed by atoms with Crippen molar-refractivity contribution in [1.29, 1.82) is 0 Å². The summed E-state index contributed by atoms with van der Waals surface area (Å²) >= 11 is 0. The molecule has 0 radical (unpaired) electrons. The molecule has 0 bridgehead atoms. The predicted octanol–water partition coefficient (Wildman–Crippen LogP) is 4.18. The Morgan fingerprint density at radius 2 is 1.72 bits per heavy atom. The lowest BCUT2D eigenvalue weighted by Crippen LogP contribution is -2.03. The van der Waals surface area contributed by atoms with E-state index in [4.69, 9.17) is 5.73 Å². The van der Waals surface area contributed by atoms with Crippen LogP contribution in [0.5, 0.6) is 0 Å². The van der Waals surface area contributed by atoms with Gasteiger partial charge in [-0.05, 0) is 32.4 Å². The maximum absolute atomic E-state index is 6.05. The second kappa shape index (κ2) is 7.13. The van der Waals surface area contributed by atoms with E-state index in [1.54, 1.807) is 0 Å². The van der Waals surface area contributed by atoms with Gasteiger partial charge >= 0.3 is 0 Å². The molecule has 1 aromatic heterocycles. The van der Waals surface area contributed by atoms with E-state index in [1.165, 1.54) is 5.56 Å². The lowest BCUT2D eigenvalue weighted by Gasteiger charge is -2.08. The van der Waals surface area contributed by atoms with E-state index >= 15 is 0 Å². The van der Waals surface area contributed by atoms with Crippen LogP contribution in [0.1, 0.15) is 23.9 Å². The third-order valence-electron chi connectivity index (χ3n) is 3.88. The number of anilines is 2. The van der Waals surface area contributed by atoms with Crippen LogP contribution in [0, 0.1) is 13.8 Å². The van der Waals surface area contributed by atoms with E-state index in [0.717, 1.165) is 22.5 Å². The largest absolute Gasteiger partial charge is 0.398 e. The fourth-order valence-corrected chi connectivity index (χ4v) is 2.49. The molecule has 0 spiro atoms. The predicted molar refractivity (Wildman–Crippen MR) is 104 cm³/mol. The molecule has 0 saturated carbocycles. The molecule has 3 aromatic rings. The van der Waals surface area contributed by atoms with Crippen LogP contribution in [0.2, 0.25) is 0 Å². The van der Waals surface area contributed by atoms with Crippen molar-refractivity contribution in [3.8, 4) is 11.3 Å². The van der Waals surface area contributed by atoms with Gasteiger partial charge in [-0.3, -0.25) is 5.43 Å². The molecule has 0 aliphatic heterocycles. The van der Waals surface area contributed by atoms with Crippen LogP contribution in [0.3, 0.4) is 0 Å². The zero-order valence-corrected chi connectivity index (χ0v) is 14.6. The molecule has 0 atom stereocenters. The number of rotatable bonds is 4. The van der Waals surface area contributed by atoms with Gasteiger partial charge in [0.25, 0.3) is 0 Å². The highest BCUT2D eigenvalue weighted by Gasteiger charge is 2.07. The summed E-state index contributed by atoms with van der Waals surface area (Å²) in [6, 6.07) is 17.7. The van der Waals surface area contributed by atoms with E-state index in [2.05, 4.69) is 51.7 Å². The lowest BCUT2D eigenvalue weighted by atomic mass is 10.1. The lowest BCUT2D eigenvalue weighted by molar-refractivity contribution is 1.05. The second-order valence-electron chi connectivity index (χ2n) is 5.95. The van der Waals surface area contributed by atoms with Gasteiger partial charge in [-0.25, -0.2) is 9.97 Å². The molecule has 0 aliphatic carbocycles. The number of nitrogen functional groups attached to an aromatic ring is 1. The summed E-state index contributed by atoms with van der Waals surface area (Å²) in [6.45, 7) is 5.88. The number of aromatic nitrogens is 2. The maximum Gasteiger partial charge on any atom is 0.150 e. The van der Waals surface area contributed by atoms with Crippen molar-refractivity contribution in [3.63, 3.8) is 0 Å². The summed E-state index contributed by atoms with van der Waals surface area (Å²) in [7, 11) is 0. The van der Waals surface area contributed by atoms with Gasteiger partial charge in [0.15, 0.2) is 5.82 Å². The first kappa shape index (κ1) is 16.6. The van der Waals surface area contributed by atoms with Crippen molar-refractivity contribution >= 4 is 17.2 Å². The van der Waals surface area contributed by atoms with Gasteiger partial charge in [0.2, 0.25) is 0 Å². The highest BCUT2D eigenvalue weighted by atomic mass is 15.3. The molecule has 0 unspecified atom stereocenters. The third-order valence-corrected chi connectivity index (χ3v) is 3.88. The molecule has 5 nitrogen and oxygen atoms in total. The van der Waals surface area contributed by atoms with E-state index < -0.39 is 0 Å². The third kappa shape index (κ3) is 4.01. The molecular formula is C20H21N5. The summed E-state index contributed by atoms with van der Waals surface area (Å²) in [5.41, 5.74) is 14.6. The number of hydrazone groups is 1. The number of hydrogen-bond acceptors (Lipinski definition) is 5. The van der Waals surface area contributed by atoms with Crippen molar-refractivity contribution in [2.75, 3.05) is 11.2 Å².